The normalized spacial score (nSPS) is 12.4. The zero-order valence-corrected chi connectivity index (χ0v) is 7.74. The Labute approximate surface area is 87.0 Å². The monoisotopic (exact) mass is 247 g/mol. The lowest BCUT2D eigenvalue weighted by molar-refractivity contribution is -0.274. The van der Waals surface area contributed by atoms with Crippen LogP contribution in [0.25, 0.3) is 0 Å². The molecule has 0 aliphatic carbocycles. The average molecular weight is 247 g/mol. The van der Waals surface area contributed by atoms with Crippen molar-refractivity contribution in [2.75, 3.05) is 6.54 Å². The van der Waals surface area contributed by atoms with Crippen LogP contribution in [0.2, 0.25) is 0 Å². The number of terminal acetylenes is 1. The van der Waals surface area contributed by atoms with Crippen LogP contribution in [-0.4, -0.2) is 24.8 Å². The van der Waals surface area contributed by atoms with Crippen molar-refractivity contribution in [3.05, 3.63) is 0 Å². The zero-order chi connectivity index (χ0) is 13.0. The molecule has 0 saturated heterocycles. The fourth-order valence-corrected chi connectivity index (χ4v) is 0.843. The van der Waals surface area contributed by atoms with Crippen LogP contribution in [0.3, 0.4) is 0 Å². The van der Waals surface area contributed by atoms with Gasteiger partial charge in [-0.1, -0.05) is 0 Å². The Kier molecular flexibility index (Phi) is 4.65. The first-order valence-corrected chi connectivity index (χ1v) is 3.95. The van der Waals surface area contributed by atoms with E-state index in [0.717, 1.165) is 0 Å². The minimum absolute atomic E-state index is 0.145. The summed E-state index contributed by atoms with van der Waals surface area (Å²) < 4.78 is 71.7. The molecule has 0 aliphatic heterocycles. The summed E-state index contributed by atoms with van der Waals surface area (Å²) in [5.41, 5.74) is 0. The molecule has 0 heterocycles. The van der Waals surface area contributed by atoms with Gasteiger partial charge in [0.15, 0.2) is 0 Å². The molecule has 2 nitrogen and oxygen atoms in total. The predicted molar refractivity (Wildman–Crippen MR) is 42.1 cm³/mol. The lowest BCUT2D eigenvalue weighted by atomic mass is 10.1. The van der Waals surface area contributed by atoms with Crippen molar-refractivity contribution in [3.63, 3.8) is 0 Å². The van der Waals surface area contributed by atoms with Crippen LogP contribution in [-0.2, 0) is 4.79 Å². The Bertz CT molecular complexity index is 272. The highest BCUT2D eigenvalue weighted by molar-refractivity contribution is 5.80. The number of alkyl halides is 6. The number of carbonyl (C=O) groups excluding carboxylic acids is 1. The summed E-state index contributed by atoms with van der Waals surface area (Å²) >= 11 is 0. The van der Waals surface area contributed by atoms with Gasteiger partial charge < -0.3 is 5.32 Å². The zero-order valence-electron chi connectivity index (χ0n) is 7.74. The van der Waals surface area contributed by atoms with Crippen molar-refractivity contribution in [1.82, 2.24) is 5.32 Å². The van der Waals surface area contributed by atoms with E-state index in [1.807, 2.05) is 5.92 Å². The Morgan fingerprint density at radius 3 is 1.94 bits per heavy atom. The molecule has 0 fully saturated rings. The molecule has 0 bridgehead atoms. The maximum Gasteiger partial charge on any atom is 0.409 e. The van der Waals surface area contributed by atoms with Gasteiger partial charge in [0, 0.05) is 13.0 Å². The molecular formula is C8H7F6NO. The van der Waals surface area contributed by atoms with E-state index in [1.165, 1.54) is 5.32 Å². The summed E-state index contributed by atoms with van der Waals surface area (Å²) in [6.45, 7) is -0.433. The smallest absolute Gasteiger partial charge is 0.354 e. The Balaban J connectivity index is 4.68. The average Bonchev–Trinajstić information content (AvgIpc) is 1.98. The summed E-state index contributed by atoms with van der Waals surface area (Å²) in [6, 6.07) is 0. The molecule has 92 valence electrons. The Morgan fingerprint density at radius 2 is 1.62 bits per heavy atom. The fraction of sp³-hybridized carbons (Fsp3) is 0.625. The molecule has 0 unspecified atom stereocenters. The van der Waals surface area contributed by atoms with Crippen molar-refractivity contribution in [1.29, 1.82) is 0 Å². The van der Waals surface area contributed by atoms with E-state index < -0.39 is 30.7 Å². The first-order valence-electron chi connectivity index (χ1n) is 3.95. The predicted octanol–water partition coefficient (Wildman–Crippen LogP) is 1.87. The Hall–Kier alpha value is -1.39. The van der Waals surface area contributed by atoms with Gasteiger partial charge in [-0.3, -0.25) is 4.79 Å². The first-order chi connectivity index (χ1) is 7.10. The molecule has 0 saturated carbocycles. The topological polar surface area (TPSA) is 29.1 Å². The number of carbonyl (C=O) groups is 1. The third kappa shape index (κ3) is 4.42. The van der Waals surface area contributed by atoms with E-state index >= 15 is 0 Å². The van der Waals surface area contributed by atoms with Crippen LogP contribution in [0.4, 0.5) is 26.3 Å². The number of hydrogen-bond donors (Lipinski definition) is 1. The van der Waals surface area contributed by atoms with Gasteiger partial charge in [0.1, 0.15) is 0 Å². The molecule has 0 spiro atoms. The summed E-state index contributed by atoms with van der Waals surface area (Å²) in [4.78, 5) is 10.7. The van der Waals surface area contributed by atoms with Crippen LogP contribution in [0, 0.1) is 18.3 Å². The van der Waals surface area contributed by atoms with E-state index in [-0.39, 0.29) is 6.42 Å². The fourth-order valence-electron chi connectivity index (χ4n) is 0.843. The summed E-state index contributed by atoms with van der Waals surface area (Å²) in [7, 11) is 0. The van der Waals surface area contributed by atoms with Gasteiger partial charge in [0.2, 0.25) is 11.8 Å². The number of rotatable bonds is 3. The first kappa shape index (κ1) is 14.6. The van der Waals surface area contributed by atoms with Crippen molar-refractivity contribution < 1.29 is 31.1 Å². The lowest BCUT2D eigenvalue weighted by Crippen LogP contribution is -2.48. The van der Waals surface area contributed by atoms with Crippen LogP contribution in [0.5, 0.6) is 0 Å². The quantitative estimate of drug-likeness (QED) is 0.460. The van der Waals surface area contributed by atoms with Gasteiger partial charge in [-0.25, -0.2) is 0 Å². The van der Waals surface area contributed by atoms with Gasteiger partial charge in [-0.2, -0.15) is 26.3 Å². The van der Waals surface area contributed by atoms with E-state index in [2.05, 4.69) is 0 Å². The number of amides is 1. The largest absolute Gasteiger partial charge is 0.409 e. The SMILES string of the molecule is C#CCCNC(=O)C(C(F)(F)F)C(F)(F)F. The van der Waals surface area contributed by atoms with Crippen LogP contribution in [0.15, 0.2) is 0 Å². The molecule has 1 N–H and O–H groups in total. The maximum atomic E-state index is 12.0. The molecular weight excluding hydrogens is 240 g/mol. The van der Waals surface area contributed by atoms with Gasteiger partial charge in [0.25, 0.3) is 0 Å². The highest BCUT2D eigenvalue weighted by atomic mass is 19.4. The number of nitrogens with one attached hydrogen (secondary N) is 1. The van der Waals surface area contributed by atoms with E-state index in [1.54, 1.807) is 0 Å². The lowest BCUT2D eigenvalue weighted by Gasteiger charge is -2.21. The molecule has 0 aromatic rings. The van der Waals surface area contributed by atoms with Crippen molar-refractivity contribution in [2.24, 2.45) is 5.92 Å². The summed E-state index contributed by atoms with van der Waals surface area (Å²) in [5, 5.41) is 1.48. The molecule has 0 radical (unpaired) electrons. The van der Waals surface area contributed by atoms with Crippen LogP contribution in [0.1, 0.15) is 6.42 Å². The third-order valence-corrected chi connectivity index (χ3v) is 1.49. The van der Waals surface area contributed by atoms with Crippen LogP contribution >= 0.6 is 0 Å². The molecule has 0 atom stereocenters. The third-order valence-electron chi connectivity index (χ3n) is 1.49. The molecule has 1 amide bonds. The Morgan fingerprint density at radius 1 is 1.19 bits per heavy atom. The van der Waals surface area contributed by atoms with Crippen molar-refractivity contribution in [2.45, 2.75) is 18.8 Å². The van der Waals surface area contributed by atoms with Gasteiger partial charge in [-0.05, 0) is 0 Å². The second-order valence-electron chi connectivity index (χ2n) is 2.76. The van der Waals surface area contributed by atoms with Gasteiger partial charge in [0.05, 0.1) is 0 Å². The molecule has 0 aromatic heterocycles. The minimum atomic E-state index is -5.67. The second kappa shape index (κ2) is 5.09. The number of hydrogen-bond acceptors (Lipinski definition) is 1. The highest BCUT2D eigenvalue weighted by Crippen LogP contribution is 2.39. The van der Waals surface area contributed by atoms with E-state index in [4.69, 9.17) is 6.42 Å². The standard InChI is InChI=1S/C8H7F6NO/c1-2-3-4-15-6(16)5(7(9,10)11)8(12,13)14/h1,5H,3-4H2,(H,15,16). The van der Waals surface area contributed by atoms with Crippen molar-refractivity contribution in [3.8, 4) is 12.3 Å². The summed E-state index contributed by atoms with van der Waals surface area (Å²) in [5.74, 6) is -4.20. The van der Waals surface area contributed by atoms with Gasteiger partial charge >= 0.3 is 12.4 Å². The maximum absolute atomic E-state index is 12.0. The molecule has 0 rings (SSSR count). The second-order valence-corrected chi connectivity index (χ2v) is 2.76. The van der Waals surface area contributed by atoms with Crippen LogP contribution < -0.4 is 5.32 Å². The molecule has 8 heteroatoms. The molecule has 0 aromatic carbocycles. The highest BCUT2D eigenvalue weighted by Gasteiger charge is 2.60. The molecule has 16 heavy (non-hydrogen) atoms. The minimum Gasteiger partial charge on any atom is -0.354 e. The number of halogens is 6. The summed E-state index contributed by atoms with van der Waals surface area (Å²) in [6.07, 6.45) is -6.76. The van der Waals surface area contributed by atoms with E-state index in [9.17, 15) is 31.1 Å². The van der Waals surface area contributed by atoms with Gasteiger partial charge in [-0.15, -0.1) is 12.3 Å². The van der Waals surface area contributed by atoms with E-state index in [0.29, 0.717) is 0 Å². The van der Waals surface area contributed by atoms with Crippen molar-refractivity contribution >= 4 is 5.91 Å². The molecule has 0 aliphatic rings.